The van der Waals surface area contributed by atoms with Crippen molar-refractivity contribution in [1.82, 2.24) is 5.32 Å². The molecule has 4 unspecified atom stereocenters. The number of ether oxygens (including phenoxy) is 1. The second kappa shape index (κ2) is 9.51. The lowest BCUT2D eigenvalue weighted by molar-refractivity contribution is -0.0671. The van der Waals surface area contributed by atoms with Crippen LogP contribution >= 0.6 is 0 Å². The van der Waals surface area contributed by atoms with Crippen molar-refractivity contribution in [2.75, 3.05) is 5.32 Å². The van der Waals surface area contributed by atoms with Crippen LogP contribution in [0, 0.1) is 23.7 Å². The second-order valence-electron chi connectivity index (χ2n) is 10.7. The summed E-state index contributed by atoms with van der Waals surface area (Å²) in [6, 6.07) is 9.53. The summed E-state index contributed by atoms with van der Waals surface area (Å²) in [5, 5.41) is 6.94. The first-order valence-electron chi connectivity index (χ1n) is 11.3. The fourth-order valence-corrected chi connectivity index (χ4v) is 5.96. The van der Waals surface area contributed by atoms with Gasteiger partial charge in [-0.05, 0) is 56.6 Å². The van der Waals surface area contributed by atoms with Crippen molar-refractivity contribution in [1.29, 1.82) is 0 Å². The van der Waals surface area contributed by atoms with Gasteiger partial charge in [0.1, 0.15) is 6.10 Å². The van der Waals surface area contributed by atoms with Crippen LogP contribution in [0.15, 0.2) is 30.3 Å². The number of rotatable bonds is 7. The van der Waals surface area contributed by atoms with Crippen LogP contribution in [-0.2, 0) is 4.74 Å². The normalized spacial score (nSPS) is 30.0. The molecule has 2 rings (SSSR count). The highest BCUT2D eigenvalue weighted by Crippen LogP contribution is 2.44. The summed E-state index contributed by atoms with van der Waals surface area (Å²) in [7, 11) is 0. The van der Waals surface area contributed by atoms with Gasteiger partial charge in [0, 0.05) is 29.1 Å². The first kappa shape index (κ1) is 23.7. The van der Waals surface area contributed by atoms with E-state index in [1.54, 1.807) is 0 Å². The van der Waals surface area contributed by atoms with E-state index in [2.05, 4.69) is 66.0 Å². The lowest BCUT2D eigenvalue weighted by Gasteiger charge is -2.56. The fraction of sp³-hybridized carbons (Fsp3) is 0.720. The molecule has 0 bridgehead atoms. The summed E-state index contributed by atoms with van der Waals surface area (Å²) in [6.45, 7) is 18.2. The zero-order valence-corrected chi connectivity index (χ0v) is 19.7. The molecule has 4 heteroatoms. The summed E-state index contributed by atoms with van der Waals surface area (Å²) < 4.78 is 6.13. The number of hydrogen-bond acceptors (Lipinski definition) is 3. The molecule has 1 aliphatic rings. The molecule has 164 valence electrons. The van der Waals surface area contributed by atoms with Gasteiger partial charge in [-0.25, -0.2) is 4.79 Å². The Bertz CT molecular complexity index is 658. The number of piperidine rings is 1. The summed E-state index contributed by atoms with van der Waals surface area (Å²) in [5.74, 6) is 1.80. The number of amides is 1. The molecule has 0 aliphatic carbocycles. The zero-order valence-electron chi connectivity index (χ0n) is 19.7. The molecule has 1 aliphatic heterocycles. The highest BCUT2D eigenvalue weighted by Gasteiger charge is 2.52. The van der Waals surface area contributed by atoms with Crippen molar-refractivity contribution in [3.8, 4) is 0 Å². The van der Waals surface area contributed by atoms with Gasteiger partial charge in [-0.2, -0.15) is 0 Å². The Morgan fingerprint density at radius 3 is 2.17 bits per heavy atom. The van der Waals surface area contributed by atoms with Crippen molar-refractivity contribution in [3.05, 3.63) is 30.3 Å². The molecule has 29 heavy (non-hydrogen) atoms. The van der Waals surface area contributed by atoms with Crippen molar-refractivity contribution < 1.29 is 9.53 Å². The van der Waals surface area contributed by atoms with Gasteiger partial charge in [0.2, 0.25) is 0 Å². The predicted octanol–water partition coefficient (Wildman–Crippen LogP) is 6.48. The molecular formula is C25H42N2O2. The van der Waals surface area contributed by atoms with Crippen LogP contribution in [0.5, 0.6) is 0 Å². The number of carbonyl (C=O) groups is 1. The topological polar surface area (TPSA) is 50.4 Å². The Labute approximate surface area is 178 Å². The van der Waals surface area contributed by atoms with Crippen LogP contribution in [-0.4, -0.2) is 23.3 Å². The smallest absolute Gasteiger partial charge is 0.411 e. The lowest BCUT2D eigenvalue weighted by atomic mass is 9.63. The maximum Gasteiger partial charge on any atom is 0.411 e. The summed E-state index contributed by atoms with van der Waals surface area (Å²) in [5.41, 5.74) is 0.630. The van der Waals surface area contributed by atoms with Gasteiger partial charge in [-0.15, -0.1) is 0 Å². The van der Waals surface area contributed by atoms with Crippen molar-refractivity contribution >= 4 is 11.8 Å². The number of hydrogen-bond donors (Lipinski definition) is 2. The van der Waals surface area contributed by atoms with E-state index in [1.807, 2.05) is 30.3 Å². The van der Waals surface area contributed by atoms with Gasteiger partial charge < -0.3 is 10.1 Å². The molecule has 0 radical (unpaired) electrons. The van der Waals surface area contributed by atoms with Gasteiger partial charge in [0.25, 0.3) is 0 Å². The molecular weight excluding hydrogens is 360 g/mol. The fourth-order valence-electron chi connectivity index (χ4n) is 5.96. The quantitative estimate of drug-likeness (QED) is 0.549. The summed E-state index contributed by atoms with van der Waals surface area (Å²) in [4.78, 5) is 12.8. The SMILES string of the molecule is CC(C)CC1(C)CC(OC(=O)Nc2ccccc2)C(C(C)C)C(C)(CC(C)C)N1. The zero-order chi connectivity index (χ0) is 21.8. The molecule has 1 amide bonds. The Morgan fingerprint density at radius 2 is 1.66 bits per heavy atom. The maximum atomic E-state index is 12.8. The first-order chi connectivity index (χ1) is 13.4. The molecule has 4 atom stereocenters. The number of anilines is 1. The Balaban J connectivity index is 2.29. The number of carbonyl (C=O) groups excluding carboxylic acids is 1. The van der Waals surface area contributed by atoms with E-state index in [-0.39, 0.29) is 29.2 Å². The third kappa shape index (κ3) is 6.47. The van der Waals surface area contributed by atoms with E-state index in [1.165, 1.54) is 0 Å². The molecule has 2 N–H and O–H groups in total. The molecule has 1 fully saturated rings. The Kier molecular flexibility index (Phi) is 7.78. The second-order valence-corrected chi connectivity index (χ2v) is 10.7. The largest absolute Gasteiger partial charge is 0.446 e. The first-order valence-corrected chi connectivity index (χ1v) is 11.3. The molecule has 1 heterocycles. The van der Waals surface area contributed by atoms with Gasteiger partial charge in [-0.1, -0.05) is 59.7 Å². The minimum atomic E-state index is -0.354. The van der Waals surface area contributed by atoms with Crippen LogP contribution in [0.1, 0.15) is 74.7 Å². The number of benzene rings is 1. The standard InChI is InChI=1S/C25H42N2O2/c1-17(2)14-24(7)16-21(29-23(28)26-20-12-10-9-11-13-20)22(19(5)6)25(8,27-24)15-18(3)4/h9-13,17-19,21-22,27H,14-16H2,1-8H3,(H,26,28). The number of nitrogens with one attached hydrogen (secondary N) is 2. The average molecular weight is 403 g/mol. The Hall–Kier alpha value is -1.55. The van der Waals surface area contributed by atoms with Crippen molar-refractivity contribution in [2.24, 2.45) is 23.7 Å². The maximum absolute atomic E-state index is 12.8. The average Bonchev–Trinajstić information content (AvgIpc) is 2.51. The highest BCUT2D eigenvalue weighted by atomic mass is 16.6. The van der Waals surface area contributed by atoms with Crippen molar-refractivity contribution in [2.45, 2.75) is 91.8 Å². The third-order valence-corrected chi connectivity index (χ3v) is 6.06. The van der Waals surface area contributed by atoms with Gasteiger partial charge in [-0.3, -0.25) is 5.32 Å². The van der Waals surface area contributed by atoms with E-state index in [9.17, 15) is 4.79 Å². The van der Waals surface area contributed by atoms with Gasteiger partial charge in [0.15, 0.2) is 0 Å². The van der Waals surface area contributed by atoms with E-state index in [4.69, 9.17) is 4.74 Å². The molecule has 4 nitrogen and oxygen atoms in total. The van der Waals surface area contributed by atoms with E-state index in [0.29, 0.717) is 17.8 Å². The van der Waals surface area contributed by atoms with Gasteiger partial charge >= 0.3 is 6.09 Å². The molecule has 1 saturated heterocycles. The van der Waals surface area contributed by atoms with Crippen LogP contribution in [0.3, 0.4) is 0 Å². The molecule has 1 aromatic carbocycles. The van der Waals surface area contributed by atoms with Crippen LogP contribution in [0.4, 0.5) is 10.5 Å². The summed E-state index contributed by atoms with van der Waals surface area (Å²) >= 11 is 0. The monoisotopic (exact) mass is 402 g/mol. The van der Waals surface area contributed by atoms with Crippen LogP contribution < -0.4 is 10.6 Å². The minimum Gasteiger partial charge on any atom is -0.446 e. The lowest BCUT2D eigenvalue weighted by Crippen LogP contribution is -2.69. The summed E-state index contributed by atoms with van der Waals surface area (Å²) in [6.07, 6.45) is 2.49. The van der Waals surface area contributed by atoms with E-state index in [0.717, 1.165) is 24.9 Å². The van der Waals surface area contributed by atoms with E-state index >= 15 is 0 Å². The molecule has 0 aromatic heterocycles. The van der Waals surface area contributed by atoms with Crippen LogP contribution in [0.25, 0.3) is 0 Å². The predicted molar refractivity (Wildman–Crippen MR) is 122 cm³/mol. The molecule has 1 aromatic rings. The van der Waals surface area contributed by atoms with Crippen molar-refractivity contribution in [3.63, 3.8) is 0 Å². The molecule has 0 saturated carbocycles. The highest BCUT2D eigenvalue weighted by molar-refractivity contribution is 5.84. The third-order valence-electron chi connectivity index (χ3n) is 6.06. The van der Waals surface area contributed by atoms with Gasteiger partial charge in [0.05, 0.1) is 0 Å². The van der Waals surface area contributed by atoms with E-state index < -0.39 is 0 Å². The van der Waals surface area contributed by atoms with Crippen LogP contribution in [0.2, 0.25) is 0 Å². The number of para-hydroxylation sites is 1. The minimum absolute atomic E-state index is 0.0547. The molecule has 0 spiro atoms. The Morgan fingerprint density at radius 1 is 1.07 bits per heavy atom.